The molecule has 3 nitrogen and oxygen atoms in total. The maximum atomic E-state index is 5.73. The molecule has 0 fully saturated rings. The number of rotatable bonds is 4. The molecule has 0 amide bonds. The van der Waals surface area contributed by atoms with Crippen LogP contribution in [0.15, 0.2) is 42.6 Å². The van der Waals surface area contributed by atoms with Gasteiger partial charge in [0.2, 0.25) is 0 Å². The van der Waals surface area contributed by atoms with E-state index in [1.807, 2.05) is 50.2 Å². The summed E-state index contributed by atoms with van der Waals surface area (Å²) < 4.78 is 5.73. The van der Waals surface area contributed by atoms with Crippen molar-refractivity contribution in [3.05, 3.63) is 53.7 Å². The maximum absolute atomic E-state index is 5.73. The molecule has 1 heterocycles. The zero-order valence-electron chi connectivity index (χ0n) is 11.1. The molecular weight excluding hydrogens is 224 g/mol. The summed E-state index contributed by atoms with van der Waals surface area (Å²) in [5, 5.41) is 0. The van der Waals surface area contributed by atoms with Gasteiger partial charge in [0, 0.05) is 14.1 Å². The fraction of sp³-hybridized carbons (Fsp3) is 0.267. The first-order valence-electron chi connectivity index (χ1n) is 5.97. The molecule has 2 rings (SSSR count). The highest BCUT2D eigenvalue weighted by atomic mass is 16.5. The van der Waals surface area contributed by atoms with Gasteiger partial charge in [-0.15, -0.1) is 0 Å². The molecule has 94 valence electrons. The lowest BCUT2D eigenvalue weighted by Gasteiger charge is -2.15. The van der Waals surface area contributed by atoms with Gasteiger partial charge in [-0.1, -0.05) is 30.3 Å². The van der Waals surface area contributed by atoms with Gasteiger partial charge < -0.3 is 9.64 Å². The lowest BCUT2D eigenvalue weighted by Crippen LogP contribution is -2.12. The first-order valence-corrected chi connectivity index (χ1v) is 5.97. The second-order valence-electron chi connectivity index (χ2n) is 4.48. The fourth-order valence-electron chi connectivity index (χ4n) is 1.83. The van der Waals surface area contributed by atoms with E-state index in [0.717, 1.165) is 22.7 Å². The SMILES string of the molecule is Cc1cc(OCc2ccccc2)cnc1N(C)C. The largest absolute Gasteiger partial charge is 0.487 e. The summed E-state index contributed by atoms with van der Waals surface area (Å²) in [6, 6.07) is 12.1. The molecule has 0 atom stereocenters. The Labute approximate surface area is 108 Å². The van der Waals surface area contributed by atoms with Crippen molar-refractivity contribution >= 4 is 5.82 Å². The van der Waals surface area contributed by atoms with Crippen molar-refractivity contribution in [3.8, 4) is 5.75 Å². The van der Waals surface area contributed by atoms with E-state index in [4.69, 9.17) is 4.74 Å². The predicted molar refractivity (Wildman–Crippen MR) is 74.1 cm³/mol. The minimum absolute atomic E-state index is 0.573. The maximum Gasteiger partial charge on any atom is 0.138 e. The Hall–Kier alpha value is -2.03. The zero-order chi connectivity index (χ0) is 13.0. The highest BCUT2D eigenvalue weighted by Gasteiger charge is 2.04. The molecule has 0 saturated heterocycles. The molecular formula is C15H18N2O. The van der Waals surface area contributed by atoms with Crippen LogP contribution in [-0.2, 0) is 6.61 Å². The summed E-state index contributed by atoms with van der Waals surface area (Å²) in [5.74, 6) is 1.78. The van der Waals surface area contributed by atoms with Crippen molar-refractivity contribution in [3.63, 3.8) is 0 Å². The Balaban J connectivity index is 2.05. The smallest absolute Gasteiger partial charge is 0.138 e. The Kier molecular flexibility index (Phi) is 3.82. The Morgan fingerprint density at radius 2 is 1.89 bits per heavy atom. The summed E-state index contributed by atoms with van der Waals surface area (Å²) in [6.45, 7) is 2.61. The number of pyridine rings is 1. The van der Waals surface area contributed by atoms with E-state index in [1.54, 1.807) is 6.20 Å². The molecule has 1 aromatic heterocycles. The lowest BCUT2D eigenvalue weighted by molar-refractivity contribution is 0.305. The highest BCUT2D eigenvalue weighted by Crippen LogP contribution is 2.20. The van der Waals surface area contributed by atoms with Crippen molar-refractivity contribution in [2.45, 2.75) is 13.5 Å². The third-order valence-corrected chi connectivity index (χ3v) is 2.70. The number of benzene rings is 1. The van der Waals surface area contributed by atoms with Crippen molar-refractivity contribution < 1.29 is 4.74 Å². The third kappa shape index (κ3) is 3.00. The second-order valence-corrected chi connectivity index (χ2v) is 4.48. The van der Waals surface area contributed by atoms with Crippen LogP contribution in [0.1, 0.15) is 11.1 Å². The summed E-state index contributed by atoms with van der Waals surface area (Å²) in [5.41, 5.74) is 2.28. The number of nitrogens with zero attached hydrogens (tertiary/aromatic N) is 2. The standard InChI is InChI=1S/C15H18N2O/c1-12-9-14(10-16-15(12)17(2)3)18-11-13-7-5-4-6-8-13/h4-10H,11H2,1-3H3. The number of hydrogen-bond acceptors (Lipinski definition) is 3. The first-order chi connectivity index (χ1) is 8.66. The molecule has 0 N–H and O–H groups in total. The molecule has 0 saturated carbocycles. The van der Waals surface area contributed by atoms with Crippen LogP contribution in [0.25, 0.3) is 0 Å². The van der Waals surface area contributed by atoms with Crippen LogP contribution in [0.4, 0.5) is 5.82 Å². The summed E-state index contributed by atoms with van der Waals surface area (Å²) >= 11 is 0. The minimum Gasteiger partial charge on any atom is -0.487 e. The molecule has 0 aliphatic carbocycles. The molecule has 0 bridgehead atoms. The van der Waals surface area contributed by atoms with Crippen molar-refractivity contribution in [2.75, 3.05) is 19.0 Å². The average Bonchev–Trinajstić information content (AvgIpc) is 2.37. The van der Waals surface area contributed by atoms with Crippen molar-refractivity contribution in [2.24, 2.45) is 0 Å². The molecule has 0 aliphatic heterocycles. The molecule has 0 spiro atoms. The summed E-state index contributed by atoms with van der Waals surface area (Å²) in [7, 11) is 3.97. The number of hydrogen-bond donors (Lipinski definition) is 0. The Morgan fingerprint density at radius 3 is 2.50 bits per heavy atom. The molecule has 0 radical (unpaired) electrons. The van der Waals surface area contributed by atoms with E-state index in [1.165, 1.54) is 0 Å². The fourth-order valence-corrected chi connectivity index (χ4v) is 1.83. The number of aryl methyl sites for hydroxylation is 1. The lowest BCUT2D eigenvalue weighted by atomic mass is 10.2. The number of ether oxygens (including phenoxy) is 1. The normalized spacial score (nSPS) is 10.2. The van der Waals surface area contributed by atoms with Gasteiger partial charge in [0.05, 0.1) is 6.20 Å². The second kappa shape index (κ2) is 5.54. The Bertz CT molecular complexity index is 509. The number of aromatic nitrogens is 1. The molecule has 1 aromatic carbocycles. The number of anilines is 1. The molecule has 0 aliphatic rings. The highest BCUT2D eigenvalue weighted by molar-refractivity contribution is 5.47. The van der Waals surface area contributed by atoms with Gasteiger partial charge in [-0.3, -0.25) is 0 Å². The van der Waals surface area contributed by atoms with Crippen LogP contribution < -0.4 is 9.64 Å². The minimum atomic E-state index is 0.573. The van der Waals surface area contributed by atoms with E-state index in [-0.39, 0.29) is 0 Å². The van der Waals surface area contributed by atoms with Crippen LogP contribution in [-0.4, -0.2) is 19.1 Å². The van der Waals surface area contributed by atoms with E-state index in [0.29, 0.717) is 6.61 Å². The van der Waals surface area contributed by atoms with Crippen molar-refractivity contribution in [1.29, 1.82) is 0 Å². The third-order valence-electron chi connectivity index (χ3n) is 2.70. The average molecular weight is 242 g/mol. The van der Waals surface area contributed by atoms with Crippen molar-refractivity contribution in [1.82, 2.24) is 4.98 Å². The molecule has 3 heteroatoms. The molecule has 18 heavy (non-hydrogen) atoms. The van der Waals surface area contributed by atoms with E-state index < -0.39 is 0 Å². The van der Waals surface area contributed by atoms with Crippen LogP contribution in [0.2, 0.25) is 0 Å². The summed E-state index contributed by atoms with van der Waals surface area (Å²) in [6.07, 6.45) is 1.77. The van der Waals surface area contributed by atoms with Crippen LogP contribution in [0.5, 0.6) is 5.75 Å². The van der Waals surface area contributed by atoms with E-state index in [9.17, 15) is 0 Å². The first kappa shape index (κ1) is 12.4. The van der Waals surface area contributed by atoms with Gasteiger partial charge in [0.1, 0.15) is 18.2 Å². The van der Waals surface area contributed by atoms with E-state index >= 15 is 0 Å². The van der Waals surface area contributed by atoms with Gasteiger partial charge >= 0.3 is 0 Å². The van der Waals surface area contributed by atoms with Crippen LogP contribution in [0.3, 0.4) is 0 Å². The van der Waals surface area contributed by atoms with Gasteiger partial charge in [-0.25, -0.2) is 4.98 Å². The molecule has 2 aromatic rings. The molecule has 0 unspecified atom stereocenters. The van der Waals surface area contributed by atoms with E-state index in [2.05, 4.69) is 17.1 Å². The van der Waals surface area contributed by atoms with Gasteiger partial charge in [0.25, 0.3) is 0 Å². The van der Waals surface area contributed by atoms with Gasteiger partial charge in [-0.05, 0) is 24.1 Å². The zero-order valence-corrected chi connectivity index (χ0v) is 11.1. The predicted octanol–water partition coefficient (Wildman–Crippen LogP) is 3.04. The van der Waals surface area contributed by atoms with Crippen LogP contribution in [0, 0.1) is 6.92 Å². The van der Waals surface area contributed by atoms with Gasteiger partial charge in [-0.2, -0.15) is 0 Å². The van der Waals surface area contributed by atoms with Crippen LogP contribution >= 0.6 is 0 Å². The Morgan fingerprint density at radius 1 is 1.17 bits per heavy atom. The van der Waals surface area contributed by atoms with Gasteiger partial charge in [0.15, 0.2) is 0 Å². The quantitative estimate of drug-likeness (QED) is 0.824. The summed E-state index contributed by atoms with van der Waals surface area (Å²) in [4.78, 5) is 6.39. The monoisotopic (exact) mass is 242 g/mol. The topological polar surface area (TPSA) is 25.4 Å².